The number of esters is 4. The lowest BCUT2D eigenvalue weighted by Crippen LogP contribution is -2.63. The second kappa shape index (κ2) is 27.9. The van der Waals surface area contributed by atoms with Crippen LogP contribution in [0.15, 0.2) is 48.5 Å². The average molecular weight is 1160 g/mol. The molecular weight excluding hydrogens is 1060 g/mol. The van der Waals surface area contributed by atoms with Crippen molar-refractivity contribution in [3.63, 3.8) is 0 Å². The molecule has 2 aliphatic heterocycles. The van der Waals surface area contributed by atoms with E-state index in [1.807, 2.05) is 81.4 Å². The van der Waals surface area contributed by atoms with Crippen molar-refractivity contribution in [2.24, 2.45) is 63.6 Å². The number of aromatic hydroxyl groups is 1. The van der Waals surface area contributed by atoms with E-state index in [-0.39, 0.29) is 64.9 Å². The van der Waals surface area contributed by atoms with E-state index in [1.54, 1.807) is 36.0 Å². The van der Waals surface area contributed by atoms with Gasteiger partial charge in [-0.05, 0) is 196 Å². The van der Waals surface area contributed by atoms with E-state index in [9.17, 15) is 37.5 Å². The third-order valence-electron chi connectivity index (χ3n) is 19.9. The Morgan fingerprint density at radius 3 is 1.58 bits per heavy atom. The minimum atomic E-state index is -4.66. The SMILES string of the molecule is CCC(C)(C)C(=O)OC1(C(C)C)C2CC3CC(C2)CC1C3.CCC(C)(C)C(=O)OC1C2CC3C(=O)OC1C3C2.CCC(C)(C)C(=O)OC1CSCCO1.CCC(C)c1ccc(C(C)(O)C(F)(F)F)cc1.CCC(C)c1ccc(O)cc1. The summed E-state index contributed by atoms with van der Waals surface area (Å²) in [5, 5.41) is 18.5. The number of carbonyl (C=O) groups is 4. The van der Waals surface area contributed by atoms with Gasteiger partial charge >= 0.3 is 30.1 Å². The zero-order valence-corrected chi connectivity index (χ0v) is 52.7. The number of carbonyl (C=O) groups excluding carboxylic acids is 4. The molecule has 15 heteroatoms. The first-order valence-corrected chi connectivity index (χ1v) is 31.6. The molecule has 2 saturated heterocycles. The standard InChI is InChI=1S/C19H32O2.C14H20O4.C13H17F3O.C10H18O3S.C10H14O/c1-6-18(4,5)17(20)21-19(12(2)3)15-8-13-7-14(10-15)11-16(19)9-13;1-4-14(2,3)13(16)18-10-7-5-8-9(6-7)12(15)17-11(8)10;1-4-9(2)10-5-7-11(8-6-10)12(3,17)13(14,15)16;1-4-10(2,3)9(11)13-8-7-14-6-5-12-8;1-3-8(2)9-4-6-10(11)7-5-9/h12-16H,6-11H2,1-5H3;7-11H,4-6H2,1-3H3;5-9,17H,4H2,1-3H3;8H,4-7H2,1-3H3;4-8,11H,3H2,1-2H3. The monoisotopic (exact) mass is 1160 g/mol. The van der Waals surface area contributed by atoms with E-state index >= 15 is 0 Å². The van der Waals surface area contributed by atoms with Crippen LogP contribution in [0.3, 0.4) is 0 Å². The molecule has 2 N–H and O–H groups in total. The number of benzene rings is 2. The third-order valence-corrected chi connectivity index (χ3v) is 20.8. The van der Waals surface area contributed by atoms with Gasteiger partial charge in [0, 0.05) is 17.6 Å². The fraction of sp³-hybridized carbons (Fsp3) is 0.758. The normalized spacial score (nSPS) is 29.4. The number of hydrogen-bond donors (Lipinski definition) is 2. The highest BCUT2D eigenvalue weighted by molar-refractivity contribution is 7.99. The van der Waals surface area contributed by atoms with Gasteiger partial charge in [-0.25, -0.2) is 0 Å². The average Bonchev–Trinajstić information content (AvgIpc) is 4.31. The van der Waals surface area contributed by atoms with Gasteiger partial charge in [0.25, 0.3) is 0 Å². The molecule has 0 spiro atoms. The molecule has 10 rings (SSSR count). The van der Waals surface area contributed by atoms with Crippen molar-refractivity contribution in [2.45, 2.75) is 236 Å². The first-order valence-electron chi connectivity index (χ1n) is 30.5. The van der Waals surface area contributed by atoms with Crippen LogP contribution < -0.4 is 0 Å². The van der Waals surface area contributed by atoms with Crippen LogP contribution in [0.25, 0.3) is 0 Å². The Morgan fingerprint density at radius 1 is 0.679 bits per heavy atom. The van der Waals surface area contributed by atoms with Crippen LogP contribution in [0.2, 0.25) is 0 Å². The van der Waals surface area contributed by atoms with Crippen LogP contribution in [0.4, 0.5) is 13.2 Å². The number of ether oxygens (including phenoxy) is 5. The van der Waals surface area contributed by atoms with E-state index in [2.05, 4.69) is 34.6 Å². The molecule has 2 aromatic rings. The van der Waals surface area contributed by atoms with Gasteiger partial charge in [-0.3, -0.25) is 19.2 Å². The highest BCUT2D eigenvalue weighted by Gasteiger charge is 2.64. The van der Waals surface area contributed by atoms with Crippen LogP contribution in [0, 0.1) is 63.6 Å². The highest BCUT2D eigenvalue weighted by atomic mass is 32.2. The molecule has 6 bridgehead atoms. The fourth-order valence-electron chi connectivity index (χ4n) is 12.6. The lowest BCUT2D eigenvalue weighted by Gasteiger charge is -2.62. The number of phenols is 1. The van der Waals surface area contributed by atoms with Crippen LogP contribution in [-0.2, 0) is 48.5 Å². The van der Waals surface area contributed by atoms with Crippen LogP contribution in [0.5, 0.6) is 5.75 Å². The van der Waals surface area contributed by atoms with Crippen molar-refractivity contribution in [1.29, 1.82) is 0 Å². The molecule has 2 heterocycles. The number of aliphatic hydroxyl groups is 1. The van der Waals surface area contributed by atoms with E-state index in [4.69, 9.17) is 28.8 Å². The minimum absolute atomic E-state index is 0.0335. The summed E-state index contributed by atoms with van der Waals surface area (Å²) in [5.74, 6) is 6.81. The predicted molar refractivity (Wildman–Crippen MR) is 313 cm³/mol. The molecule has 2 aromatic carbocycles. The van der Waals surface area contributed by atoms with Crippen molar-refractivity contribution in [1.82, 2.24) is 0 Å². The maximum atomic E-state index is 12.8. The molecule has 8 fully saturated rings. The summed E-state index contributed by atoms with van der Waals surface area (Å²) in [5.41, 5.74) is -2.01. The number of halogens is 3. The topological polar surface area (TPSA) is 155 Å². The Hall–Kier alpha value is -3.82. The van der Waals surface area contributed by atoms with Gasteiger partial charge in [0.2, 0.25) is 6.29 Å². The Balaban J connectivity index is 0.000000189. The van der Waals surface area contributed by atoms with Gasteiger partial charge in [-0.15, -0.1) is 0 Å². The van der Waals surface area contributed by atoms with Crippen LogP contribution >= 0.6 is 11.8 Å². The van der Waals surface area contributed by atoms with E-state index in [1.165, 1.54) is 49.8 Å². The predicted octanol–water partition coefficient (Wildman–Crippen LogP) is 15.7. The summed E-state index contributed by atoms with van der Waals surface area (Å²) in [4.78, 5) is 48.2. The lowest BCUT2D eigenvalue weighted by molar-refractivity contribution is -0.258. The Labute approximate surface area is 488 Å². The number of alkyl halides is 3. The van der Waals surface area contributed by atoms with Crippen LogP contribution in [-0.4, -0.2) is 82.5 Å². The van der Waals surface area contributed by atoms with Gasteiger partial charge in [0.05, 0.1) is 34.5 Å². The second-order valence-corrected chi connectivity index (χ2v) is 28.0. The molecule has 81 heavy (non-hydrogen) atoms. The molecule has 6 aliphatic carbocycles. The molecule has 9 unspecified atom stereocenters. The van der Waals surface area contributed by atoms with Crippen molar-refractivity contribution in [2.75, 3.05) is 18.1 Å². The summed E-state index contributed by atoms with van der Waals surface area (Å²) in [6.07, 6.45) is 7.52. The second-order valence-electron chi connectivity index (χ2n) is 26.9. The molecule has 8 aliphatic rings. The summed E-state index contributed by atoms with van der Waals surface area (Å²) in [6.45, 7) is 32.0. The summed E-state index contributed by atoms with van der Waals surface area (Å²) in [6, 6.07) is 13.4. The van der Waals surface area contributed by atoms with Gasteiger partial charge < -0.3 is 33.9 Å². The molecule has 6 saturated carbocycles. The van der Waals surface area contributed by atoms with Gasteiger partial charge in [-0.1, -0.05) is 98.7 Å². The molecule has 0 amide bonds. The first kappa shape index (κ1) is 68.0. The third kappa shape index (κ3) is 16.1. The minimum Gasteiger partial charge on any atom is -0.508 e. The zero-order chi connectivity index (χ0) is 60.6. The Kier molecular flexibility index (Phi) is 23.4. The molecule has 0 radical (unpaired) electrons. The fourth-order valence-corrected chi connectivity index (χ4v) is 13.4. The molecule has 0 aromatic heterocycles. The van der Waals surface area contributed by atoms with E-state index < -0.39 is 22.6 Å². The van der Waals surface area contributed by atoms with E-state index in [0.29, 0.717) is 53.8 Å². The number of rotatable bonds is 15. The zero-order valence-electron chi connectivity index (χ0n) is 51.8. The summed E-state index contributed by atoms with van der Waals surface area (Å²) in [7, 11) is 0. The molecular formula is C66H101F3O11S. The largest absolute Gasteiger partial charge is 0.508 e. The Bertz CT molecular complexity index is 2330. The highest BCUT2D eigenvalue weighted by Crippen LogP contribution is 2.62. The van der Waals surface area contributed by atoms with Crippen molar-refractivity contribution in [3.8, 4) is 5.75 Å². The quantitative estimate of drug-likeness (QED) is 0.129. The van der Waals surface area contributed by atoms with Crippen molar-refractivity contribution < 1.29 is 66.2 Å². The van der Waals surface area contributed by atoms with E-state index in [0.717, 1.165) is 80.8 Å². The first-order chi connectivity index (χ1) is 37.7. The van der Waals surface area contributed by atoms with Gasteiger partial charge in [-0.2, -0.15) is 24.9 Å². The van der Waals surface area contributed by atoms with Crippen molar-refractivity contribution >= 4 is 35.6 Å². The summed E-state index contributed by atoms with van der Waals surface area (Å²) < 4.78 is 65.8. The lowest BCUT2D eigenvalue weighted by atomic mass is 9.47. The van der Waals surface area contributed by atoms with Gasteiger partial charge in [0.15, 0.2) is 5.60 Å². The number of hydrogen-bond acceptors (Lipinski definition) is 12. The smallest absolute Gasteiger partial charge is 0.421 e. The number of thioether (sulfide) groups is 1. The maximum absolute atomic E-state index is 12.8. The molecule has 9 atom stereocenters. The maximum Gasteiger partial charge on any atom is 0.421 e. The van der Waals surface area contributed by atoms with Gasteiger partial charge in [0.1, 0.15) is 23.6 Å². The number of phenolic OH excluding ortho intramolecular Hbond substituents is 1. The van der Waals surface area contributed by atoms with Crippen LogP contribution in [0.1, 0.15) is 216 Å². The van der Waals surface area contributed by atoms with Crippen molar-refractivity contribution in [3.05, 3.63) is 65.2 Å². The molecule has 11 nitrogen and oxygen atoms in total. The number of fused-ring (bicyclic) bond motifs is 1. The Morgan fingerprint density at radius 2 is 1.15 bits per heavy atom. The summed E-state index contributed by atoms with van der Waals surface area (Å²) >= 11 is 1.76. The molecule has 458 valence electrons.